The number of rotatable bonds is 7. The number of carbonyl (C=O) groups excluding carboxylic acids is 1. The van der Waals surface area contributed by atoms with Crippen LogP contribution in [0.15, 0.2) is 83.9 Å². The van der Waals surface area contributed by atoms with E-state index in [0.29, 0.717) is 5.69 Å². The predicted molar refractivity (Wildman–Crippen MR) is 124 cm³/mol. The summed E-state index contributed by atoms with van der Waals surface area (Å²) in [5, 5.41) is 11.6. The maximum absolute atomic E-state index is 13.1. The van der Waals surface area contributed by atoms with Crippen LogP contribution in [0, 0.1) is 11.2 Å². The van der Waals surface area contributed by atoms with Crippen molar-refractivity contribution in [2.75, 3.05) is 18.4 Å². The largest absolute Gasteiger partial charge is 0.438 e. The second-order valence-electron chi connectivity index (χ2n) is 7.90. The van der Waals surface area contributed by atoms with Gasteiger partial charge in [0, 0.05) is 37.6 Å². The minimum atomic E-state index is -0.384. The Kier molecular flexibility index (Phi) is 7.26. The van der Waals surface area contributed by atoms with E-state index in [0.717, 1.165) is 32.5 Å². The van der Waals surface area contributed by atoms with Gasteiger partial charge in [-0.3, -0.25) is 20.0 Å². The normalized spacial score (nSPS) is 14.9. The summed E-state index contributed by atoms with van der Waals surface area (Å²) in [6, 6.07) is 16.1. The topological polar surface area (TPSA) is 85.5 Å². The van der Waals surface area contributed by atoms with Crippen LogP contribution < -0.4 is 5.32 Å². The third-order valence-corrected chi connectivity index (χ3v) is 5.63. The summed E-state index contributed by atoms with van der Waals surface area (Å²) in [5.41, 5.74) is 1.94. The number of halogens is 1. The standard InChI is InChI=1S/C25H26FN5O2/c26-20-6-8-21(9-7-20)29-13-10-24(27)31(25(32)23-16-28-18-33-23)22-11-14-30(15-12-22)17-19-4-2-1-3-5-19/h1-10,13,16,18,22,27,29H,11-12,14-15,17H2/b13-10-,27-24?. The fraction of sp³-hybridized carbons (Fsp3) is 0.240. The number of amidine groups is 1. The highest BCUT2D eigenvalue weighted by Crippen LogP contribution is 2.21. The number of carbonyl (C=O) groups is 1. The molecule has 1 aliphatic heterocycles. The maximum Gasteiger partial charge on any atom is 0.297 e. The van der Waals surface area contributed by atoms with E-state index in [4.69, 9.17) is 9.83 Å². The first-order chi connectivity index (χ1) is 16.1. The lowest BCUT2D eigenvalue weighted by Crippen LogP contribution is -2.49. The molecular formula is C25H26FN5O2. The van der Waals surface area contributed by atoms with Crippen molar-refractivity contribution in [3.8, 4) is 0 Å². The number of amides is 1. The molecule has 0 unspecified atom stereocenters. The van der Waals surface area contributed by atoms with E-state index in [2.05, 4.69) is 27.3 Å². The number of oxazole rings is 1. The van der Waals surface area contributed by atoms with Crippen LogP contribution in [-0.4, -0.2) is 45.7 Å². The molecule has 0 bridgehead atoms. The highest BCUT2D eigenvalue weighted by Gasteiger charge is 2.32. The third kappa shape index (κ3) is 5.93. The zero-order chi connectivity index (χ0) is 23.0. The molecule has 0 radical (unpaired) electrons. The number of likely N-dealkylation sites (tertiary alicyclic amines) is 1. The molecule has 1 fully saturated rings. The van der Waals surface area contributed by atoms with Crippen LogP contribution in [0.4, 0.5) is 10.1 Å². The van der Waals surface area contributed by atoms with Crippen LogP contribution in [0.25, 0.3) is 0 Å². The van der Waals surface area contributed by atoms with E-state index < -0.39 is 0 Å². The summed E-state index contributed by atoms with van der Waals surface area (Å²) in [6.07, 6.45) is 7.16. The summed E-state index contributed by atoms with van der Waals surface area (Å²) in [4.78, 5) is 20.8. The molecule has 170 valence electrons. The Balaban J connectivity index is 1.42. The Labute approximate surface area is 192 Å². The van der Waals surface area contributed by atoms with Gasteiger partial charge in [0.2, 0.25) is 5.76 Å². The summed E-state index contributed by atoms with van der Waals surface area (Å²) in [6.45, 7) is 2.51. The molecule has 8 heteroatoms. The van der Waals surface area contributed by atoms with Gasteiger partial charge in [0.15, 0.2) is 6.39 Å². The van der Waals surface area contributed by atoms with Gasteiger partial charge in [0.25, 0.3) is 5.91 Å². The molecule has 0 spiro atoms. The molecule has 1 aromatic heterocycles. The van der Waals surface area contributed by atoms with Crippen LogP contribution in [0.2, 0.25) is 0 Å². The molecule has 4 rings (SSSR count). The lowest BCUT2D eigenvalue weighted by molar-refractivity contribution is 0.0700. The van der Waals surface area contributed by atoms with Gasteiger partial charge in [0.05, 0.1) is 6.20 Å². The lowest BCUT2D eigenvalue weighted by atomic mass is 10.0. The Hall–Kier alpha value is -3.78. The van der Waals surface area contributed by atoms with Crippen molar-refractivity contribution in [2.45, 2.75) is 25.4 Å². The van der Waals surface area contributed by atoms with Crippen LogP contribution in [0.3, 0.4) is 0 Å². The molecule has 1 amide bonds. The molecule has 7 nitrogen and oxygen atoms in total. The Morgan fingerprint density at radius 2 is 1.91 bits per heavy atom. The summed E-state index contributed by atoms with van der Waals surface area (Å²) in [5.74, 6) is -0.552. The van der Waals surface area contributed by atoms with Crippen molar-refractivity contribution in [2.24, 2.45) is 0 Å². The fourth-order valence-corrected chi connectivity index (χ4v) is 3.93. The average Bonchev–Trinajstić information content (AvgIpc) is 3.37. The van der Waals surface area contributed by atoms with E-state index in [1.54, 1.807) is 18.3 Å². The van der Waals surface area contributed by atoms with Gasteiger partial charge < -0.3 is 9.73 Å². The van der Waals surface area contributed by atoms with Gasteiger partial charge in [0.1, 0.15) is 11.7 Å². The zero-order valence-electron chi connectivity index (χ0n) is 18.2. The van der Waals surface area contributed by atoms with Crippen LogP contribution in [0.5, 0.6) is 0 Å². The molecule has 33 heavy (non-hydrogen) atoms. The van der Waals surface area contributed by atoms with Crippen LogP contribution in [0.1, 0.15) is 29.0 Å². The van der Waals surface area contributed by atoms with Crippen LogP contribution >= 0.6 is 0 Å². The second-order valence-corrected chi connectivity index (χ2v) is 7.90. The van der Waals surface area contributed by atoms with Crippen molar-refractivity contribution >= 4 is 17.4 Å². The number of hydrogen-bond donors (Lipinski definition) is 2. The summed E-state index contributed by atoms with van der Waals surface area (Å²) >= 11 is 0. The minimum absolute atomic E-state index is 0.0486. The Morgan fingerprint density at radius 3 is 2.58 bits per heavy atom. The van der Waals surface area contributed by atoms with Crippen molar-refractivity contribution in [3.05, 3.63) is 96.6 Å². The van der Waals surface area contributed by atoms with E-state index in [9.17, 15) is 9.18 Å². The average molecular weight is 448 g/mol. The number of benzene rings is 2. The molecule has 1 aliphatic rings. The van der Waals surface area contributed by atoms with E-state index in [-0.39, 0.29) is 29.4 Å². The fourth-order valence-electron chi connectivity index (χ4n) is 3.93. The smallest absolute Gasteiger partial charge is 0.297 e. The molecule has 0 aliphatic carbocycles. The first-order valence-corrected chi connectivity index (χ1v) is 10.9. The number of nitrogens with one attached hydrogen (secondary N) is 2. The molecule has 2 aromatic carbocycles. The number of anilines is 1. The number of aromatic nitrogens is 1. The van der Waals surface area contributed by atoms with Crippen molar-refractivity contribution in [1.82, 2.24) is 14.8 Å². The van der Waals surface area contributed by atoms with Gasteiger partial charge in [-0.1, -0.05) is 30.3 Å². The van der Waals surface area contributed by atoms with E-state index >= 15 is 0 Å². The molecule has 1 saturated heterocycles. The molecule has 0 saturated carbocycles. The Morgan fingerprint density at radius 1 is 1.18 bits per heavy atom. The summed E-state index contributed by atoms with van der Waals surface area (Å²) < 4.78 is 18.3. The number of hydrogen-bond acceptors (Lipinski definition) is 6. The van der Waals surface area contributed by atoms with Crippen molar-refractivity contribution < 1.29 is 13.6 Å². The molecule has 0 atom stereocenters. The van der Waals surface area contributed by atoms with Gasteiger partial charge in [-0.25, -0.2) is 9.37 Å². The molecule has 2 N–H and O–H groups in total. The van der Waals surface area contributed by atoms with Crippen molar-refractivity contribution in [3.63, 3.8) is 0 Å². The monoisotopic (exact) mass is 447 g/mol. The summed E-state index contributed by atoms with van der Waals surface area (Å²) in [7, 11) is 0. The second kappa shape index (κ2) is 10.7. The highest BCUT2D eigenvalue weighted by atomic mass is 19.1. The van der Waals surface area contributed by atoms with Crippen LogP contribution in [-0.2, 0) is 6.54 Å². The highest BCUT2D eigenvalue weighted by molar-refractivity contribution is 6.08. The first-order valence-electron chi connectivity index (χ1n) is 10.9. The van der Waals surface area contributed by atoms with E-state index in [1.165, 1.54) is 41.3 Å². The van der Waals surface area contributed by atoms with Gasteiger partial charge >= 0.3 is 0 Å². The quantitative estimate of drug-likeness (QED) is 0.411. The lowest BCUT2D eigenvalue weighted by Gasteiger charge is -2.37. The van der Waals surface area contributed by atoms with Gasteiger partial charge in [-0.2, -0.15) is 0 Å². The van der Waals surface area contributed by atoms with Crippen molar-refractivity contribution in [1.29, 1.82) is 5.41 Å². The number of nitrogens with zero attached hydrogens (tertiary/aromatic N) is 3. The molecule has 2 heterocycles. The minimum Gasteiger partial charge on any atom is -0.438 e. The number of piperidine rings is 1. The maximum atomic E-state index is 13.1. The molecule has 3 aromatic rings. The van der Waals surface area contributed by atoms with Gasteiger partial charge in [-0.05, 0) is 48.7 Å². The zero-order valence-corrected chi connectivity index (χ0v) is 18.2. The first kappa shape index (κ1) is 22.4. The predicted octanol–water partition coefficient (Wildman–Crippen LogP) is 4.52. The molecular weight excluding hydrogens is 421 g/mol. The third-order valence-electron chi connectivity index (χ3n) is 5.63. The Bertz CT molecular complexity index is 1080. The van der Waals surface area contributed by atoms with Gasteiger partial charge in [-0.15, -0.1) is 0 Å². The SMILES string of the molecule is N=C(/C=C\Nc1ccc(F)cc1)N(C(=O)c1cnco1)C1CCN(Cc2ccccc2)CC1. The van der Waals surface area contributed by atoms with E-state index in [1.807, 2.05) is 18.2 Å².